The van der Waals surface area contributed by atoms with Crippen molar-refractivity contribution in [3.05, 3.63) is 66.5 Å². The summed E-state index contributed by atoms with van der Waals surface area (Å²) >= 11 is 0. The minimum Gasteiger partial charge on any atom is -0.338 e. The van der Waals surface area contributed by atoms with Crippen molar-refractivity contribution in [3.8, 4) is 0 Å². The molecule has 2 amide bonds. The zero-order valence-electron chi connectivity index (χ0n) is 13.9. The van der Waals surface area contributed by atoms with E-state index >= 15 is 0 Å². The van der Waals surface area contributed by atoms with Gasteiger partial charge in [-0.15, -0.1) is 0 Å². The van der Waals surface area contributed by atoms with Crippen LogP contribution < -0.4 is 5.32 Å². The number of fused-ring (bicyclic) bond motifs is 1. The number of aryl methyl sites for hydroxylation is 1. The van der Waals surface area contributed by atoms with Crippen LogP contribution in [0, 0.1) is 0 Å². The highest BCUT2D eigenvalue weighted by Gasteiger charge is 2.08. The van der Waals surface area contributed by atoms with Crippen molar-refractivity contribution in [2.45, 2.75) is 19.5 Å². The molecule has 0 saturated carbocycles. The van der Waals surface area contributed by atoms with Crippen molar-refractivity contribution in [2.24, 2.45) is 0 Å². The molecule has 1 N–H and O–H groups in total. The molecule has 1 heterocycles. The second-order valence-electron chi connectivity index (χ2n) is 5.85. The van der Waals surface area contributed by atoms with Gasteiger partial charge in [-0.3, -0.25) is 0 Å². The zero-order chi connectivity index (χ0) is 16.8. The number of carbonyl (C=O) groups is 1. The normalized spacial score (nSPS) is 10.7. The molecule has 0 radical (unpaired) electrons. The molecule has 3 aromatic rings. The maximum atomic E-state index is 12.1. The summed E-state index contributed by atoms with van der Waals surface area (Å²) in [5, 5.41) is 2.97. The largest absolute Gasteiger partial charge is 0.338 e. The summed E-state index contributed by atoms with van der Waals surface area (Å²) in [6, 6.07) is 18.0. The molecule has 0 aliphatic carbocycles. The number of rotatable bonds is 6. The van der Waals surface area contributed by atoms with Crippen LogP contribution in [0.2, 0.25) is 0 Å². The molecule has 0 saturated heterocycles. The summed E-state index contributed by atoms with van der Waals surface area (Å²) in [7, 11) is 1.81. The van der Waals surface area contributed by atoms with Gasteiger partial charge in [0.05, 0.1) is 17.4 Å². The van der Waals surface area contributed by atoms with Gasteiger partial charge in [-0.25, -0.2) is 9.78 Å². The predicted octanol–water partition coefficient (Wildman–Crippen LogP) is 3.27. The smallest absolute Gasteiger partial charge is 0.317 e. The number of urea groups is 1. The molecule has 124 valence electrons. The van der Waals surface area contributed by atoms with Gasteiger partial charge in [-0.2, -0.15) is 0 Å². The van der Waals surface area contributed by atoms with Gasteiger partial charge in [0.1, 0.15) is 0 Å². The molecule has 0 aliphatic heterocycles. The second-order valence-corrected chi connectivity index (χ2v) is 5.85. The van der Waals surface area contributed by atoms with Crippen LogP contribution in [0.15, 0.2) is 60.9 Å². The fraction of sp³-hybridized carbons (Fsp3) is 0.263. The lowest BCUT2D eigenvalue weighted by Gasteiger charge is -2.18. The minimum atomic E-state index is -0.0469. The standard InChI is InChI=1S/C19H22N4O/c1-22(14-16-8-3-2-4-9-16)19(24)20-12-7-13-23-15-21-17-10-5-6-11-18(17)23/h2-6,8-11,15H,7,12-14H2,1H3,(H,20,24). The summed E-state index contributed by atoms with van der Waals surface area (Å²) in [5.74, 6) is 0. The number of para-hydroxylation sites is 2. The van der Waals surface area contributed by atoms with Crippen LogP contribution in [-0.4, -0.2) is 34.1 Å². The van der Waals surface area contributed by atoms with Gasteiger partial charge in [-0.05, 0) is 24.1 Å². The molecule has 1 aromatic heterocycles. The van der Waals surface area contributed by atoms with Crippen molar-refractivity contribution >= 4 is 17.1 Å². The monoisotopic (exact) mass is 322 g/mol. The molecular weight excluding hydrogens is 300 g/mol. The van der Waals surface area contributed by atoms with E-state index < -0.39 is 0 Å². The number of carbonyl (C=O) groups excluding carboxylic acids is 1. The molecule has 3 rings (SSSR count). The Kier molecular flexibility index (Phi) is 5.11. The Morgan fingerprint density at radius 3 is 2.71 bits per heavy atom. The van der Waals surface area contributed by atoms with Gasteiger partial charge in [0.25, 0.3) is 0 Å². The van der Waals surface area contributed by atoms with Gasteiger partial charge in [0, 0.05) is 26.7 Å². The Morgan fingerprint density at radius 2 is 1.88 bits per heavy atom. The van der Waals surface area contributed by atoms with E-state index in [0.29, 0.717) is 13.1 Å². The lowest BCUT2D eigenvalue weighted by atomic mass is 10.2. The first-order chi connectivity index (χ1) is 11.7. The Hall–Kier alpha value is -2.82. The second kappa shape index (κ2) is 7.64. The molecule has 2 aromatic carbocycles. The summed E-state index contributed by atoms with van der Waals surface area (Å²) < 4.78 is 2.12. The highest BCUT2D eigenvalue weighted by molar-refractivity contribution is 5.75. The van der Waals surface area contributed by atoms with Crippen LogP contribution in [0.3, 0.4) is 0 Å². The van der Waals surface area contributed by atoms with Crippen molar-refractivity contribution in [3.63, 3.8) is 0 Å². The fourth-order valence-electron chi connectivity index (χ4n) is 2.70. The molecule has 0 bridgehead atoms. The number of nitrogens with one attached hydrogen (secondary N) is 1. The van der Waals surface area contributed by atoms with E-state index in [-0.39, 0.29) is 6.03 Å². The molecule has 0 unspecified atom stereocenters. The van der Waals surface area contributed by atoms with E-state index in [1.54, 1.807) is 4.90 Å². The molecule has 0 aliphatic rings. The van der Waals surface area contributed by atoms with Crippen molar-refractivity contribution < 1.29 is 4.79 Å². The first-order valence-electron chi connectivity index (χ1n) is 8.17. The molecule has 5 heteroatoms. The van der Waals surface area contributed by atoms with Gasteiger partial charge in [-0.1, -0.05) is 42.5 Å². The van der Waals surface area contributed by atoms with E-state index in [0.717, 1.165) is 29.6 Å². The number of imidazole rings is 1. The van der Waals surface area contributed by atoms with Crippen LogP contribution >= 0.6 is 0 Å². The van der Waals surface area contributed by atoms with E-state index in [4.69, 9.17) is 0 Å². The lowest BCUT2D eigenvalue weighted by molar-refractivity contribution is 0.206. The fourth-order valence-corrected chi connectivity index (χ4v) is 2.70. The molecule has 0 atom stereocenters. The zero-order valence-corrected chi connectivity index (χ0v) is 13.9. The quantitative estimate of drug-likeness (QED) is 0.708. The van der Waals surface area contributed by atoms with E-state index in [1.165, 1.54) is 0 Å². The van der Waals surface area contributed by atoms with Gasteiger partial charge >= 0.3 is 6.03 Å². The number of amides is 2. The summed E-state index contributed by atoms with van der Waals surface area (Å²) in [6.45, 7) is 2.09. The third kappa shape index (κ3) is 3.93. The van der Waals surface area contributed by atoms with Crippen LogP contribution in [0.4, 0.5) is 4.79 Å². The lowest BCUT2D eigenvalue weighted by Crippen LogP contribution is -2.37. The summed E-state index contributed by atoms with van der Waals surface area (Å²) in [6.07, 6.45) is 2.72. The third-order valence-electron chi connectivity index (χ3n) is 3.99. The Bertz CT molecular complexity index is 797. The van der Waals surface area contributed by atoms with Crippen molar-refractivity contribution in [1.82, 2.24) is 19.8 Å². The van der Waals surface area contributed by atoms with Gasteiger partial charge in [0.15, 0.2) is 0 Å². The van der Waals surface area contributed by atoms with E-state index in [9.17, 15) is 4.79 Å². The maximum Gasteiger partial charge on any atom is 0.317 e. The Morgan fingerprint density at radius 1 is 1.12 bits per heavy atom. The van der Waals surface area contributed by atoms with Crippen LogP contribution in [0.5, 0.6) is 0 Å². The molecule has 0 fully saturated rings. The van der Waals surface area contributed by atoms with Gasteiger partial charge in [0.2, 0.25) is 0 Å². The van der Waals surface area contributed by atoms with Crippen molar-refractivity contribution in [1.29, 1.82) is 0 Å². The Balaban J connectivity index is 1.43. The number of hydrogen-bond donors (Lipinski definition) is 1. The minimum absolute atomic E-state index is 0.0469. The number of hydrogen-bond acceptors (Lipinski definition) is 2. The topological polar surface area (TPSA) is 50.2 Å². The van der Waals surface area contributed by atoms with Crippen LogP contribution in [0.25, 0.3) is 11.0 Å². The van der Waals surface area contributed by atoms with E-state index in [2.05, 4.69) is 20.9 Å². The highest BCUT2D eigenvalue weighted by Crippen LogP contribution is 2.11. The maximum absolute atomic E-state index is 12.1. The van der Waals surface area contributed by atoms with Crippen LogP contribution in [-0.2, 0) is 13.1 Å². The molecule has 5 nitrogen and oxygen atoms in total. The third-order valence-corrected chi connectivity index (χ3v) is 3.99. The summed E-state index contributed by atoms with van der Waals surface area (Å²) in [4.78, 5) is 18.2. The first-order valence-corrected chi connectivity index (χ1v) is 8.17. The first kappa shape index (κ1) is 16.1. The Labute approximate surface area is 141 Å². The van der Waals surface area contributed by atoms with Crippen LogP contribution in [0.1, 0.15) is 12.0 Å². The molecule has 0 spiro atoms. The average molecular weight is 322 g/mol. The number of benzene rings is 2. The van der Waals surface area contributed by atoms with E-state index in [1.807, 2.05) is 61.9 Å². The summed E-state index contributed by atoms with van der Waals surface area (Å²) in [5.41, 5.74) is 3.26. The highest BCUT2D eigenvalue weighted by atomic mass is 16.2. The van der Waals surface area contributed by atoms with Gasteiger partial charge < -0.3 is 14.8 Å². The van der Waals surface area contributed by atoms with Crippen molar-refractivity contribution in [2.75, 3.05) is 13.6 Å². The average Bonchev–Trinajstić information content (AvgIpc) is 3.02. The molecule has 24 heavy (non-hydrogen) atoms. The number of aromatic nitrogens is 2. The predicted molar refractivity (Wildman–Crippen MR) is 95.7 cm³/mol. The molecular formula is C19H22N4O. The SMILES string of the molecule is CN(Cc1ccccc1)C(=O)NCCCn1cnc2ccccc21. The number of nitrogens with zero attached hydrogens (tertiary/aromatic N) is 3.